The van der Waals surface area contributed by atoms with Gasteiger partial charge in [0, 0.05) is 68.9 Å². The molecular formula is C30H35F2N5O. The van der Waals surface area contributed by atoms with E-state index >= 15 is 0 Å². The van der Waals surface area contributed by atoms with E-state index in [4.69, 9.17) is 0 Å². The molecule has 38 heavy (non-hydrogen) atoms. The van der Waals surface area contributed by atoms with E-state index in [0.717, 1.165) is 58.6 Å². The molecule has 1 saturated heterocycles. The van der Waals surface area contributed by atoms with Crippen LogP contribution in [0.3, 0.4) is 0 Å². The molecule has 200 valence electrons. The topological polar surface area (TPSA) is 70.2 Å². The molecule has 6 nitrogen and oxygen atoms in total. The zero-order valence-corrected chi connectivity index (χ0v) is 22.0. The average Bonchev–Trinajstić information content (AvgIpc) is 2.93. The van der Waals surface area contributed by atoms with E-state index in [1.54, 1.807) is 18.6 Å². The SMILES string of the molecule is CCc1ccncc1NC(=O)C1c2cc(-c3cncc(CN4CCC(F)(F)CC4)c3)ccc2NCC1CC. The molecule has 8 heteroatoms. The Bertz CT molecular complexity index is 1290. The van der Waals surface area contributed by atoms with Gasteiger partial charge in [-0.15, -0.1) is 0 Å². The lowest BCUT2D eigenvalue weighted by molar-refractivity contribution is -0.118. The lowest BCUT2D eigenvalue weighted by Crippen LogP contribution is -2.38. The second-order valence-corrected chi connectivity index (χ2v) is 10.4. The van der Waals surface area contributed by atoms with Crippen LogP contribution in [0, 0.1) is 5.92 Å². The van der Waals surface area contributed by atoms with Crippen LogP contribution in [0.25, 0.3) is 11.1 Å². The van der Waals surface area contributed by atoms with Crippen LogP contribution in [0.2, 0.25) is 0 Å². The van der Waals surface area contributed by atoms with E-state index in [1.807, 2.05) is 24.4 Å². The molecule has 2 unspecified atom stereocenters. The zero-order chi connectivity index (χ0) is 26.7. The summed E-state index contributed by atoms with van der Waals surface area (Å²) in [6.45, 7) is 6.28. The molecule has 0 spiro atoms. The van der Waals surface area contributed by atoms with Gasteiger partial charge >= 0.3 is 0 Å². The molecule has 0 bridgehead atoms. The molecule has 1 fully saturated rings. The number of amides is 1. The maximum Gasteiger partial charge on any atom is 0.250 e. The Labute approximate surface area is 222 Å². The number of piperidine rings is 1. The number of fused-ring (bicyclic) bond motifs is 1. The molecule has 2 aliphatic heterocycles. The predicted molar refractivity (Wildman–Crippen MR) is 146 cm³/mol. The number of hydrogen-bond acceptors (Lipinski definition) is 5. The van der Waals surface area contributed by atoms with Crippen molar-refractivity contribution in [1.29, 1.82) is 0 Å². The summed E-state index contributed by atoms with van der Waals surface area (Å²) in [4.78, 5) is 24.4. The highest BCUT2D eigenvalue weighted by atomic mass is 19.3. The van der Waals surface area contributed by atoms with Gasteiger partial charge in [-0.2, -0.15) is 0 Å². The van der Waals surface area contributed by atoms with Gasteiger partial charge in [0.15, 0.2) is 0 Å². The molecule has 0 aliphatic carbocycles. The van der Waals surface area contributed by atoms with Crippen molar-refractivity contribution in [2.45, 2.75) is 57.9 Å². The van der Waals surface area contributed by atoms with Crippen molar-refractivity contribution in [3.05, 3.63) is 71.8 Å². The van der Waals surface area contributed by atoms with E-state index in [0.29, 0.717) is 19.6 Å². The first kappa shape index (κ1) is 26.2. The Kier molecular flexibility index (Phi) is 7.70. The monoisotopic (exact) mass is 519 g/mol. The number of aryl methyl sites for hydroxylation is 1. The molecule has 0 saturated carbocycles. The van der Waals surface area contributed by atoms with Gasteiger partial charge in [0.25, 0.3) is 5.92 Å². The lowest BCUT2D eigenvalue weighted by atomic mass is 9.79. The number of hydrogen-bond donors (Lipinski definition) is 2. The maximum absolute atomic E-state index is 13.7. The summed E-state index contributed by atoms with van der Waals surface area (Å²) >= 11 is 0. The van der Waals surface area contributed by atoms with Gasteiger partial charge < -0.3 is 10.6 Å². The Morgan fingerprint density at radius 3 is 2.66 bits per heavy atom. The number of likely N-dealkylation sites (tertiary alicyclic amines) is 1. The van der Waals surface area contributed by atoms with Gasteiger partial charge in [-0.3, -0.25) is 19.7 Å². The fourth-order valence-corrected chi connectivity index (χ4v) is 5.59. The molecule has 3 aromatic rings. The number of alkyl halides is 2. The standard InChI is InChI=1S/C30H35F2N5O/c1-3-21-7-10-33-18-27(21)36-29(38)28-22(4-2)17-35-26-6-5-23(14-25(26)28)24-13-20(15-34-16-24)19-37-11-8-30(31,32)9-12-37/h5-7,10,13-16,18,22,28,35H,3-4,8-9,11-12,17,19H2,1-2H3,(H,36,38). The summed E-state index contributed by atoms with van der Waals surface area (Å²) in [6.07, 6.45) is 8.58. The average molecular weight is 520 g/mol. The van der Waals surface area contributed by atoms with Crippen molar-refractivity contribution in [2.24, 2.45) is 5.92 Å². The van der Waals surface area contributed by atoms with Crippen LogP contribution in [-0.2, 0) is 17.8 Å². The second-order valence-electron chi connectivity index (χ2n) is 10.4. The smallest absolute Gasteiger partial charge is 0.250 e. The van der Waals surface area contributed by atoms with Gasteiger partial charge in [-0.05, 0) is 58.9 Å². The van der Waals surface area contributed by atoms with E-state index in [9.17, 15) is 13.6 Å². The molecular weight excluding hydrogens is 484 g/mol. The fourth-order valence-electron chi connectivity index (χ4n) is 5.59. The summed E-state index contributed by atoms with van der Waals surface area (Å²) in [7, 11) is 0. The maximum atomic E-state index is 13.7. The molecule has 2 aliphatic rings. The van der Waals surface area contributed by atoms with Gasteiger partial charge in [0.2, 0.25) is 5.91 Å². The number of nitrogens with zero attached hydrogens (tertiary/aromatic N) is 3. The number of pyridine rings is 2. The molecule has 4 heterocycles. The minimum absolute atomic E-state index is 0.0202. The van der Waals surface area contributed by atoms with Gasteiger partial charge in [-0.25, -0.2) is 8.78 Å². The zero-order valence-electron chi connectivity index (χ0n) is 22.0. The molecule has 2 N–H and O–H groups in total. The fraction of sp³-hybridized carbons (Fsp3) is 0.433. The van der Waals surface area contributed by atoms with Crippen molar-refractivity contribution in [3.8, 4) is 11.1 Å². The number of nitrogens with one attached hydrogen (secondary N) is 2. The van der Waals surface area contributed by atoms with Crippen LogP contribution in [0.15, 0.2) is 55.1 Å². The first-order chi connectivity index (χ1) is 18.4. The largest absolute Gasteiger partial charge is 0.384 e. The third kappa shape index (κ3) is 5.70. The first-order valence-corrected chi connectivity index (χ1v) is 13.5. The molecule has 1 aromatic carbocycles. The van der Waals surface area contributed by atoms with Crippen LogP contribution in [0.5, 0.6) is 0 Å². The number of halogens is 2. The van der Waals surface area contributed by atoms with E-state index in [1.165, 1.54) is 0 Å². The first-order valence-electron chi connectivity index (χ1n) is 13.5. The minimum atomic E-state index is -2.55. The highest BCUT2D eigenvalue weighted by molar-refractivity contribution is 5.98. The number of anilines is 2. The Morgan fingerprint density at radius 1 is 1.08 bits per heavy atom. The van der Waals surface area contributed by atoms with Crippen molar-refractivity contribution in [1.82, 2.24) is 14.9 Å². The van der Waals surface area contributed by atoms with Crippen LogP contribution < -0.4 is 10.6 Å². The van der Waals surface area contributed by atoms with Gasteiger partial charge in [0.1, 0.15) is 0 Å². The molecule has 2 aromatic heterocycles. The summed E-state index contributed by atoms with van der Waals surface area (Å²) in [5, 5.41) is 6.67. The summed E-state index contributed by atoms with van der Waals surface area (Å²) in [5.41, 5.74) is 6.69. The van der Waals surface area contributed by atoms with E-state index in [-0.39, 0.29) is 30.6 Å². The third-order valence-corrected chi connectivity index (χ3v) is 7.89. The van der Waals surface area contributed by atoms with Gasteiger partial charge in [-0.1, -0.05) is 26.3 Å². The normalized spacial score (nSPS) is 20.8. The number of rotatable bonds is 7. The summed E-state index contributed by atoms with van der Waals surface area (Å²) in [6, 6.07) is 10.2. The number of carbonyl (C=O) groups is 1. The van der Waals surface area contributed by atoms with Crippen molar-refractivity contribution in [3.63, 3.8) is 0 Å². The van der Waals surface area contributed by atoms with Crippen LogP contribution >= 0.6 is 0 Å². The minimum Gasteiger partial charge on any atom is -0.384 e. The molecule has 0 radical (unpaired) electrons. The predicted octanol–water partition coefficient (Wildman–Crippen LogP) is 6.11. The number of carbonyl (C=O) groups excluding carboxylic acids is 1. The summed E-state index contributed by atoms with van der Waals surface area (Å²) < 4.78 is 27.1. The van der Waals surface area contributed by atoms with Crippen molar-refractivity contribution in [2.75, 3.05) is 30.3 Å². The highest BCUT2D eigenvalue weighted by Crippen LogP contribution is 2.40. The second kappa shape index (κ2) is 11.2. The van der Waals surface area contributed by atoms with Gasteiger partial charge in [0.05, 0.1) is 17.8 Å². The van der Waals surface area contributed by atoms with E-state index in [2.05, 4.69) is 51.5 Å². The van der Waals surface area contributed by atoms with Crippen LogP contribution in [0.1, 0.15) is 55.7 Å². The molecule has 5 rings (SSSR count). The molecule has 1 amide bonds. The number of aromatic nitrogens is 2. The highest BCUT2D eigenvalue weighted by Gasteiger charge is 2.35. The number of benzene rings is 1. The molecule has 2 atom stereocenters. The lowest BCUT2D eigenvalue weighted by Gasteiger charge is -2.33. The van der Waals surface area contributed by atoms with Crippen molar-refractivity contribution >= 4 is 17.3 Å². The van der Waals surface area contributed by atoms with Crippen molar-refractivity contribution < 1.29 is 13.6 Å². The summed E-state index contributed by atoms with van der Waals surface area (Å²) in [5.74, 6) is -2.72. The van der Waals surface area contributed by atoms with Crippen LogP contribution in [-0.4, -0.2) is 46.3 Å². The van der Waals surface area contributed by atoms with E-state index < -0.39 is 5.92 Å². The third-order valence-electron chi connectivity index (χ3n) is 7.89. The quantitative estimate of drug-likeness (QED) is 0.394. The Morgan fingerprint density at radius 2 is 1.89 bits per heavy atom. The van der Waals surface area contributed by atoms with Crippen LogP contribution in [0.4, 0.5) is 20.2 Å². The Hall–Kier alpha value is -3.39. The Balaban J connectivity index is 1.40.